The zero-order chi connectivity index (χ0) is 19.0. The first-order valence-corrected chi connectivity index (χ1v) is 9.98. The summed E-state index contributed by atoms with van der Waals surface area (Å²) in [7, 11) is 1.59. The van der Waals surface area contributed by atoms with Gasteiger partial charge in [-0.15, -0.1) is 0 Å². The lowest BCUT2D eigenvalue weighted by Crippen LogP contribution is -2.49. The third-order valence-electron chi connectivity index (χ3n) is 6.37. The molecule has 2 amide bonds. The van der Waals surface area contributed by atoms with E-state index in [0.717, 1.165) is 32.2 Å². The maximum Gasteiger partial charge on any atom is 0.253 e. The number of ether oxygens (including phenoxy) is 1. The van der Waals surface area contributed by atoms with Crippen molar-refractivity contribution in [2.75, 3.05) is 26.7 Å². The number of likely N-dealkylation sites (tertiary alicyclic amines) is 2. The SMILES string of the molecule is COc1cccc(C(=O)N2CCC(C(=O)N3CCCC3C3(O)CC3)CC2)c1. The highest BCUT2D eigenvalue weighted by Gasteiger charge is 2.53. The molecule has 2 heterocycles. The number of carbonyl (C=O) groups is 2. The average Bonchev–Trinajstić information content (AvgIpc) is 3.26. The number of benzene rings is 1. The first kappa shape index (κ1) is 18.3. The molecular formula is C21H28N2O4. The van der Waals surface area contributed by atoms with Crippen molar-refractivity contribution >= 4 is 11.8 Å². The summed E-state index contributed by atoms with van der Waals surface area (Å²) < 4.78 is 5.20. The van der Waals surface area contributed by atoms with Crippen molar-refractivity contribution in [1.29, 1.82) is 0 Å². The van der Waals surface area contributed by atoms with E-state index < -0.39 is 5.60 Å². The summed E-state index contributed by atoms with van der Waals surface area (Å²) in [4.78, 5) is 29.5. The normalized spacial score (nSPS) is 24.7. The predicted octanol–water partition coefficient (Wildman–Crippen LogP) is 2.06. The van der Waals surface area contributed by atoms with Gasteiger partial charge in [0.25, 0.3) is 5.91 Å². The lowest BCUT2D eigenvalue weighted by atomic mass is 9.94. The Balaban J connectivity index is 1.35. The minimum atomic E-state index is -0.630. The van der Waals surface area contributed by atoms with Crippen molar-refractivity contribution in [1.82, 2.24) is 9.80 Å². The van der Waals surface area contributed by atoms with Crippen LogP contribution in [0.3, 0.4) is 0 Å². The number of amides is 2. The van der Waals surface area contributed by atoms with Crippen molar-refractivity contribution in [2.45, 2.75) is 50.2 Å². The molecule has 27 heavy (non-hydrogen) atoms. The van der Waals surface area contributed by atoms with Gasteiger partial charge in [0.15, 0.2) is 0 Å². The second-order valence-electron chi connectivity index (χ2n) is 8.09. The van der Waals surface area contributed by atoms with E-state index in [-0.39, 0.29) is 23.8 Å². The lowest BCUT2D eigenvalue weighted by molar-refractivity contribution is -0.140. The van der Waals surface area contributed by atoms with Crippen molar-refractivity contribution in [3.63, 3.8) is 0 Å². The van der Waals surface area contributed by atoms with E-state index in [1.165, 1.54) is 0 Å². The van der Waals surface area contributed by atoms with Gasteiger partial charge in [-0.05, 0) is 56.7 Å². The monoisotopic (exact) mass is 372 g/mol. The molecule has 0 radical (unpaired) electrons. The van der Waals surface area contributed by atoms with Gasteiger partial charge in [-0.2, -0.15) is 0 Å². The zero-order valence-corrected chi connectivity index (χ0v) is 15.9. The number of nitrogens with zero attached hydrogens (tertiary/aromatic N) is 2. The number of piperidine rings is 1. The molecule has 1 N–H and O–H groups in total. The smallest absolute Gasteiger partial charge is 0.253 e. The number of aliphatic hydroxyl groups is 1. The van der Waals surface area contributed by atoms with E-state index >= 15 is 0 Å². The summed E-state index contributed by atoms with van der Waals surface area (Å²) in [6, 6.07) is 7.19. The van der Waals surface area contributed by atoms with E-state index in [1.54, 1.807) is 19.2 Å². The number of rotatable bonds is 4. The van der Waals surface area contributed by atoms with Crippen LogP contribution in [0.1, 0.15) is 48.9 Å². The molecule has 1 aromatic carbocycles. The van der Waals surface area contributed by atoms with E-state index in [4.69, 9.17) is 4.74 Å². The molecule has 6 heteroatoms. The molecule has 1 aromatic rings. The Labute approximate surface area is 160 Å². The Bertz CT molecular complexity index is 723. The van der Waals surface area contributed by atoms with E-state index in [9.17, 15) is 14.7 Å². The molecule has 0 spiro atoms. The number of carbonyl (C=O) groups excluding carboxylic acids is 2. The van der Waals surface area contributed by atoms with Crippen LogP contribution < -0.4 is 4.74 Å². The Hall–Kier alpha value is -2.08. The molecule has 1 saturated carbocycles. The van der Waals surface area contributed by atoms with Crippen LogP contribution in [0.4, 0.5) is 0 Å². The molecule has 1 aliphatic carbocycles. The maximum atomic E-state index is 13.0. The molecule has 1 atom stereocenters. The molecule has 1 unspecified atom stereocenters. The Morgan fingerprint density at radius 3 is 2.56 bits per heavy atom. The van der Waals surface area contributed by atoms with Crippen molar-refractivity contribution in [2.24, 2.45) is 5.92 Å². The van der Waals surface area contributed by atoms with Crippen molar-refractivity contribution in [3.05, 3.63) is 29.8 Å². The van der Waals surface area contributed by atoms with E-state index in [2.05, 4.69) is 0 Å². The molecule has 0 bridgehead atoms. The summed E-state index contributed by atoms with van der Waals surface area (Å²) in [5.41, 5.74) is -0.00969. The minimum absolute atomic E-state index is 0.00134. The van der Waals surface area contributed by atoms with Crippen LogP contribution >= 0.6 is 0 Å². The van der Waals surface area contributed by atoms with E-state index in [0.29, 0.717) is 37.2 Å². The van der Waals surface area contributed by atoms with Gasteiger partial charge >= 0.3 is 0 Å². The van der Waals surface area contributed by atoms with Crippen LogP contribution in [0.2, 0.25) is 0 Å². The van der Waals surface area contributed by atoms with Gasteiger partial charge in [-0.1, -0.05) is 6.07 Å². The van der Waals surface area contributed by atoms with Crippen molar-refractivity contribution in [3.8, 4) is 5.75 Å². The zero-order valence-electron chi connectivity index (χ0n) is 15.9. The first-order chi connectivity index (χ1) is 13.0. The summed E-state index contributed by atoms with van der Waals surface area (Å²) in [6.07, 6.45) is 4.90. The van der Waals surface area contributed by atoms with Gasteiger partial charge in [0.05, 0.1) is 18.8 Å². The summed E-state index contributed by atoms with van der Waals surface area (Å²) >= 11 is 0. The molecule has 6 nitrogen and oxygen atoms in total. The molecule has 4 rings (SSSR count). The lowest BCUT2D eigenvalue weighted by Gasteiger charge is -2.36. The molecule has 3 aliphatic rings. The standard InChI is InChI=1S/C21H28N2O4/c1-27-17-5-2-4-16(14-17)19(24)22-12-7-15(8-13-22)20(25)23-11-3-6-18(23)21(26)9-10-21/h2,4-5,14-15,18,26H,3,6-13H2,1H3. The van der Waals surface area contributed by atoms with Crippen LogP contribution in [-0.2, 0) is 4.79 Å². The second kappa shape index (κ2) is 7.15. The van der Waals surface area contributed by atoms with Gasteiger partial charge in [-0.3, -0.25) is 9.59 Å². The van der Waals surface area contributed by atoms with Crippen LogP contribution in [-0.4, -0.2) is 65.1 Å². The quantitative estimate of drug-likeness (QED) is 0.878. The Kier molecular flexibility index (Phi) is 4.84. The number of hydrogen-bond donors (Lipinski definition) is 1. The van der Waals surface area contributed by atoms with Crippen LogP contribution in [0.5, 0.6) is 5.75 Å². The molecule has 3 fully saturated rings. The summed E-state index contributed by atoms with van der Waals surface area (Å²) in [5.74, 6) is 0.795. The van der Waals surface area contributed by atoms with Gasteiger partial charge in [0.2, 0.25) is 5.91 Å². The summed E-state index contributed by atoms with van der Waals surface area (Å²) in [6.45, 7) is 1.94. The second-order valence-corrected chi connectivity index (χ2v) is 8.09. The van der Waals surface area contributed by atoms with Gasteiger partial charge in [-0.25, -0.2) is 0 Å². The Morgan fingerprint density at radius 1 is 1.15 bits per heavy atom. The van der Waals surface area contributed by atoms with E-state index in [1.807, 2.05) is 21.9 Å². The predicted molar refractivity (Wildman–Crippen MR) is 101 cm³/mol. The Morgan fingerprint density at radius 2 is 1.89 bits per heavy atom. The fraction of sp³-hybridized carbons (Fsp3) is 0.619. The van der Waals surface area contributed by atoms with Crippen LogP contribution in [0.25, 0.3) is 0 Å². The van der Waals surface area contributed by atoms with Crippen molar-refractivity contribution < 1.29 is 19.4 Å². The maximum absolute atomic E-state index is 13.0. The first-order valence-electron chi connectivity index (χ1n) is 9.98. The van der Waals surface area contributed by atoms with Gasteiger partial charge < -0.3 is 19.6 Å². The van der Waals surface area contributed by atoms with Crippen LogP contribution in [0, 0.1) is 5.92 Å². The molecule has 0 aromatic heterocycles. The highest BCUT2D eigenvalue weighted by Crippen LogP contribution is 2.45. The third-order valence-corrected chi connectivity index (χ3v) is 6.37. The highest BCUT2D eigenvalue weighted by atomic mass is 16.5. The summed E-state index contributed by atoms with van der Waals surface area (Å²) in [5, 5.41) is 10.5. The van der Waals surface area contributed by atoms with Crippen LogP contribution in [0.15, 0.2) is 24.3 Å². The number of hydrogen-bond acceptors (Lipinski definition) is 4. The molecular weight excluding hydrogens is 344 g/mol. The van der Waals surface area contributed by atoms with Gasteiger partial charge in [0, 0.05) is 31.1 Å². The molecule has 146 valence electrons. The largest absolute Gasteiger partial charge is 0.497 e. The fourth-order valence-corrected chi connectivity index (χ4v) is 4.55. The molecule has 2 aliphatic heterocycles. The highest BCUT2D eigenvalue weighted by molar-refractivity contribution is 5.94. The molecule has 2 saturated heterocycles. The third kappa shape index (κ3) is 3.55. The minimum Gasteiger partial charge on any atom is -0.497 e. The average molecular weight is 372 g/mol. The van der Waals surface area contributed by atoms with Gasteiger partial charge in [0.1, 0.15) is 5.75 Å². The fourth-order valence-electron chi connectivity index (χ4n) is 4.55. The topological polar surface area (TPSA) is 70.1 Å². The number of methoxy groups -OCH3 is 1.